The van der Waals surface area contributed by atoms with E-state index in [9.17, 15) is 54.6 Å². The van der Waals surface area contributed by atoms with Crippen LogP contribution in [0.2, 0.25) is 0 Å². The van der Waals surface area contributed by atoms with E-state index >= 15 is 0 Å². The number of aromatic hydroxyl groups is 2. The Kier molecular flexibility index (Phi) is 12.0. The van der Waals surface area contributed by atoms with E-state index in [0.29, 0.717) is 0 Å². The van der Waals surface area contributed by atoms with Gasteiger partial charge in [-0.25, -0.2) is 0 Å². The summed E-state index contributed by atoms with van der Waals surface area (Å²) in [5, 5.41) is 87.1. The van der Waals surface area contributed by atoms with Gasteiger partial charge in [0.2, 0.25) is 11.7 Å². The Morgan fingerprint density at radius 1 is 1.05 bits per heavy atom. The highest BCUT2D eigenvalue weighted by atomic mass is 16.7. The standard InChI is InChI=1S/C38H46N2O16/c1-16-33(48)20(39-13-22(43)21-9-17(42)14-40(21)26(45)7-4-8-27(46)47)10-28(55-16)56-24-12-38(53,25(44)15-41)11-19-30(24)37(52)32-31(35(19)50)34(49)18-5-3-6-23(54-2)29(18)36(32)51/h3,5-6,16-17,20-21,24,27-28,33,39,41-42,46-48,50,52-53H,4,7-15H2,1-2H3/t16?,17?,20?,21-,24?,28?,33?,38?/m0/s1. The van der Waals surface area contributed by atoms with E-state index in [-0.39, 0.29) is 73.2 Å². The molecule has 7 unspecified atom stereocenters. The largest absolute Gasteiger partial charge is 0.507 e. The molecule has 2 heterocycles. The Morgan fingerprint density at radius 2 is 1.77 bits per heavy atom. The third-order valence-electron chi connectivity index (χ3n) is 11.1. The van der Waals surface area contributed by atoms with Crippen molar-refractivity contribution >= 4 is 29.0 Å². The Balaban J connectivity index is 1.26. The summed E-state index contributed by atoms with van der Waals surface area (Å²) in [5.74, 6) is -5.10. The number of methoxy groups -OCH3 is 1. The molecule has 304 valence electrons. The normalized spacial score (nSPS) is 28.5. The predicted octanol–water partition coefficient (Wildman–Crippen LogP) is -1.36. The number of rotatable bonds is 13. The molecule has 2 aliphatic heterocycles. The van der Waals surface area contributed by atoms with Crippen LogP contribution in [-0.2, 0) is 30.3 Å². The monoisotopic (exact) mass is 786 g/mol. The molecule has 2 aromatic carbocycles. The lowest BCUT2D eigenvalue weighted by molar-refractivity contribution is -0.249. The smallest absolute Gasteiger partial charge is 0.223 e. The summed E-state index contributed by atoms with van der Waals surface area (Å²) >= 11 is 0. The first kappa shape index (κ1) is 41.3. The molecule has 6 rings (SSSR count). The van der Waals surface area contributed by atoms with Gasteiger partial charge in [-0.1, -0.05) is 12.1 Å². The van der Waals surface area contributed by atoms with Gasteiger partial charge in [-0.3, -0.25) is 24.0 Å². The van der Waals surface area contributed by atoms with Crippen molar-refractivity contribution in [3.63, 3.8) is 0 Å². The number of aliphatic hydroxyl groups excluding tert-OH is 4. The first-order valence-corrected chi connectivity index (χ1v) is 18.3. The summed E-state index contributed by atoms with van der Waals surface area (Å²) in [6, 6.07) is 2.41. The van der Waals surface area contributed by atoms with Crippen LogP contribution in [0, 0.1) is 0 Å². The molecule has 2 aromatic rings. The van der Waals surface area contributed by atoms with Crippen LogP contribution < -0.4 is 10.1 Å². The second-order valence-corrected chi connectivity index (χ2v) is 14.8. The molecule has 2 saturated heterocycles. The summed E-state index contributed by atoms with van der Waals surface area (Å²) in [7, 11) is 1.29. The minimum atomic E-state index is -2.37. The predicted molar refractivity (Wildman–Crippen MR) is 189 cm³/mol. The second-order valence-electron chi connectivity index (χ2n) is 14.8. The maximum absolute atomic E-state index is 13.9. The van der Waals surface area contributed by atoms with Gasteiger partial charge in [0.25, 0.3) is 0 Å². The minimum absolute atomic E-state index is 0.0174. The molecule has 8 atom stereocenters. The number of ketones is 4. The van der Waals surface area contributed by atoms with Crippen molar-refractivity contribution in [2.75, 3.05) is 26.8 Å². The summed E-state index contributed by atoms with van der Waals surface area (Å²) in [4.78, 5) is 68.1. The van der Waals surface area contributed by atoms with E-state index in [4.69, 9.17) is 24.4 Å². The zero-order valence-corrected chi connectivity index (χ0v) is 30.7. The molecule has 9 N–H and O–H groups in total. The van der Waals surface area contributed by atoms with Gasteiger partial charge in [0.1, 0.15) is 29.5 Å². The number of phenols is 2. The molecule has 1 amide bonds. The number of nitrogens with one attached hydrogen (secondary N) is 1. The molecular formula is C38H46N2O16. The average Bonchev–Trinajstić information content (AvgIpc) is 3.56. The zero-order valence-electron chi connectivity index (χ0n) is 30.7. The molecule has 18 nitrogen and oxygen atoms in total. The van der Waals surface area contributed by atoms with E-state index in [1.165, 1.54) is 37.1 Å². The van der Waals surface area contributed by atoms with Crippen molar-refractivity contribution < 1.29 is 79.0 Å². The van der Waals surface area contributed by atoms with Crippen molar-refractivity contribution in [3.8, 4) is 17.2 Å². The summed E-state index contributed by atoms with van der Waals surface area (Å²) in [6.07, 6.45) is -8.83. The van der Waals surface area contributed by atoms with Gasteiger partial charge in [-0.2, -0.15) is 0 Å². The van der Waals surface area contributed by atoms with Gasteiger partial charge in [0.15, 0.2) is 29.9 Å². The number of aliphatic hydroxyl groups is 6. The number of carbonyl (C=O) groups is 5. The van der Waals surface area contributed by atoms with Crippen molar-refractivity contribution in [3.05, 3.63) is 51.6 Å². The molecule has 2 fully saturated rings. The van der Waals surface area contributed by atoms with E-state index in [1.807, 2.05) is 0 Å². The molecule has 0 radical (unpaired) electrons. The maximum Gasteiger partial charge on any atom is 0.223 e. The first-order valence-electron chi connectivity index (χ1n) is 18.3. The molecule has 0 saturated carbocycles. The average molecular weight is 787 g/mol. The van der Waals surface area contributed by atoms with Gasteiger partial charge in [-0.05, 0) is 25.8 Å². The van der Waals surface area contributed by atoms with Crippen LogP contribution in [0.15, 0.2) is 18.2 Å². The number of hydrogen-bond acceptors (Lipinski definition) is 17. The molecule has 4 aliphatic rings. The number of Topliss-reactive ketones (excluding diaryl/α,β-unsaturated/α-hetero) is 2. The molecule has 18 heteroatoms. The van der Waals surface area contributed by atoms with Crippen molar-refractivity contribution in [1.29, 1.82) is 0 Å². The van der Waals surface area contributed by atoms with Crippen LogP contribution in [0.1, 0.15) is 94.5 Å². The number of fused-ring (bicyclic) bond motifs is 3. The van der Waals surface area contributed by atoms with Crippen LogP contribution in [0.4, 0.5) is 0 Å². The topological polar surface area (TPSA) is 290 Å². The van der Waals surface area contributed by atoms with Gasteiger partial charge in [0, 0.05) is 61.4 Å². The Morgan fingerprint density at radius 3 is 2.45 bits per heavy atom. The molecule has 56 heavy (non-hydrogen) atoms. The number of phenolic OH excluding ortho intramolecular Hbond substituents is 2. The van der Waals surface area contributed by atoms with Crippen molar-refractivity contribution in [1.82, 2.24) is 10.2 Å². The van der Waals surface area contributed by atoms with Crippen LogP contribution >= 0.6 is 0 Å². The van der Waals surface area contributed by atoms with Gasteiger partial charge >= 0.3 is 0 Å². The second kappa shape index (κ2) is 16.2. The zero-order chi connectivity index (χ0) is 40.8. The number of benzene rings is 2. The summed E-state index contributed by atoms with van der Waals surface area (Å²) in [6.45, 7) is -0.0143. The van der Waals surface area contributed by atoms with Gasteiger partial charge in [-0.15, -0.1) is 0 Å². The summed E-state index contributed by atoms with van der Waals surface area (Å²) < 4.78 is 17.5. The Labute approximate surface area is 320 Å². The highest BCUT2D eigenvalue weighted by Crippen LogP contribution is 2.52. The number of hydrogen-bond donors (Lipinski definition) is 9. The number of nitrogens with zero attached hydrogens (tertiary/aromatic N) is 1. The lowest BCUT2D eigenvalue weighted by atomic mass is 9.72. The first-order chi connectivity index (χ1) is 26.5. The number of β-amino-alcohol motifs (C(OH)–C–C–N with tert-alkyl or cyclic N) is 1. The maximum atomic E-state index is 13.9. The number of carbonyl (C=O) groups excluding carboxylic acids is 5. The molecule has 2 aliphatic carbocycles. The molecule has 0 bridgehead atoms. The van der Waals surface area contributed by atoms with Crippen LogP contribution in [0.25, 0.3) is 0 Å². The quantitative estimate of drug-likeness (QED) is 0.0715. The fourth-order valence-electron chi connectivity index (χ4n) is 8.24. The number of likely N-dealkylation sites (tertiary alicyclic amines) is 1. The fourth-order valence-corrected chi connectivity index (χ4v) is 8.24. The molecule has 0 aromatic heterocycles. The van der Waals surface area contributed by atoms with E-state index < -0.39 is 126 Å². The minimum Gasteiger partial charge on any atom is -0.507 e. The molecular weight excluding hydrogens is 740 g/mol. The highest BCUT2D eigenvalue weighted by Gasteiger charge is 2.50. The SMILES string of the molecule is COc1cccc2c1C(=O)c1c(O)c3c(c(O)c1C2=O)CC(O)(C(=O)CO)CC3OC1CC(NCC(=O)[C@@H]2CC(O)CN2C(=O)CCCC(O)O)C(O)C(C)O1. The lowest BCUT2D eigenvalue weighted by Crippen LogP contribution is -2.56. The highest BCUT2D eigenvalue weighted by molar-refractivity contribution is 6.31. The number of ether oxygens (including phenoxy) is 3. The Hall–Kier alpha value is -4.37. The van der Waals surface area contributed by atoms with Crippen LogP contribution in [-0.4, -0.2) is 150 Å². The third-order valence-corrected chi connectivity index (χ3v) is 11.1. The van der Waals surface area contributed by atoms with Crippen molar-refractivity contribution in [2.24, 2.45) is 0 Å². The number of amides is 1. The molecule has 0 spiro atoms. The fraction of sp³-hybridized carbons (Fsp3) is 0.553. The van der Waals surface area contributed by atoms with Crippen LogP contribution in [0.5, 0.6) is 17.2 Å². The lowest BCUT2D eigenvalue weighted by Gasteiger charge is -2.43. The van der Waals surface area contributed by atoms with Gasteiger partial charge in [0.05, 0.1) is 60.8 Å². The van der Waals surface area contributed by atoms with E-state index in [2.05, 4.69) is 5.32 Å². The van der Waals surface area contributed by atoms with E-state index in [0.717, 1.165) is 0 Å². The van der Waals surface area contributed by atoms with E-state index in [1.54, 1.807) is 0 Å². The van der Waals surface area contributed by atoms with Crippen LogP contribution in [0.3, 0.4) is 0 Å². The van der Waals surface area contributed by atoms with Gasteiger partial charge < -0.3 is 65.3 Å². The summed E-state index contributed by atoms with van der Waals surface area (Å²) in [5.41, 5.74) is -4.21. The third kappa shape index (κ3) is 7.56. The van der Waals surface area contributed by atoms with Crippen molar-refractivity contribution in [2.45, 2.75) is 107 Å². The Bertz CT molecular complexity index is 1920.